The second-order valence-electron chi connectivity index (χ2n) is 4.57. The molecule has 0 aliphatic carbocycles. The molecule has 0 aliphatic heterocycles. The van der Waals surface area contributed by atoms with Gasteiger partial charge in [-0.05, 0) is 39.8 Å². The van der Waals surface area contributed by atoms with Crippen LogP contribution in [0.3, 0.4) is 0 Å². The van der Waals surface area contributed by atoms with Gasteiger partial charge in [0.15, 0.2) is 0 Å². The highest BCUT2D eigenvalue weighted by molar-refractivity contribution is 5.84. The highest BCUT2D eigenvalue weighted by atomic mass is 16.6. The van der Waals surface area contributed by atoms with Crippen LogP contribution in [0.5, 0.6) is 0 Å². The lowest BCUT2D eigenvalue weighted by molar-refractivity contribution is 0.0739. The molecule has 0 unspecified atom stereocenters. The van der Waals surface area contributed by atoms with Gasteiger partial charge in [0.2, 0.25) is 0 Å². The summed E-state index contributed by atoms with van der Waals surface area (Å²) in [6.45, 7) is 6.84. The van der Waals surface area contributed by atoms with E-state index in [4.69, 9.17) is 4.74 Å². The number of rotatable bonds is 3. The van der Waals surface area contributed by atoms with Crippen LogP contribution in [-0.4, -0.2) is 22.3 Å². The minimum Gasteiger partial charge on any atom is -0.447 e. The van der Waals surface area contributed by atoms with Gasteiger partial charge in [-0.15, -0.1) is 0 Å². The predicted octanol–water partition coefficient (Wildman–Crippen LogP) is 2.27. The summed E-state index contributed by atoms with van der Waals surface area (Å²) in [7, 11) is 0. The third kappa shape index (κ3) is 4.40. The predicted molar refractivity (Wildman–Crippen MR) is 64.7 cm³/mol. The van der Waals surface area contributed by atoms with E-state index in [2.05, 4.69) is 10.3 Å². The maximum absolute atomic E-state index is 11.3. The fraction of sp³-hybridized carbons (Fsp3) is 0.500. The van der Waals surface area contributed by atoms with Crippen LogP contribution in [0, 0.1) is 0 Å². The van der Waals surface area contributed by atoms with E-state index in [1.54, 1.807) is 39.8 Å². The molecule has 0 bridgehead atoms. The Hall–Kier alpha value is -1.62. The molecule has 0 fully saturated rings. The van der Waals surface area contributed by atoms with E-state index in [0.29, 0.717) is 11.4 Å². The van der Waals surface area contributed by atoms with E-state index in [9.17, 15) is 9.90 Å². The number of hydrogen-bond donors (Lipinski definition) is 2. The van der Waals surface area contributed by atoms with Crippen molar-refractivity contribution >= 4 is 11.8 Å². The van der Waals surface area contributed by atoms with Crippen LogP contribution in [0.1, 0.15) is 33.4 Å². The fourth-order valence-electron chi connectivity index (χ4n) is 1.19. The van der Waals surface area contributed by atoms with Crippen LogP contribution < -0.4 is 5.32 Å². The summed E-state index contributed by atoms with van der Waals surface area (Å²) in [6.07, 6.45) is 0.797. The summed E-state index contributed by atoms with van der Waals surface area (Å²) < 4.78 is 4.92. The lowest BCUT2D eigenvalue weighted by Crippen LogP contribution is -2.19. The molecular formula is C12H18N2O3. The Labute approximate surface area is 101 Å². The monoisotopic (exact) mass is 238 g/mol. The van der Waals surface area contributed by atoms with Crippen molar-refractivity contribution in [3.63, 3.8) is 0 Å². The molecule has 0 spiro atoms. The molecule has 0 saturated carbocycles. The lowest BCUT2D eigenvalue weighted by Gasteiger charge is -2.16. The normalized spacial score (nSPS) is 11.4. The molecule has 1 aromatic heterocycles. The Morgan fingerprint density at radius 1 is 1.47 bits per heavy atom. The summed E-state index contributed by atoms with van der Waals surface area (Å²) in [4.78, 5) is 15.4. The first-order chi connectivity index (χ1) is 7.79. The molecule has 0 atom stereocenters. The Balaban J connectivity index is 2.66. The Kier molecular flexibility index (Phi) is 4.07. The van der Waals surface area contributed by atoms with Crippen molar-refractivity contribution in [2.75, 3.05) is 5.32 Å². The highest BCUT2D eigenvalue weighted by Gasteiger charge is 2.17. The van der Waals surface area contributed by atoms with Gasteiger partial charge in [0.25, 0.3) is 0 Å². The molecule has 1 heterocycles. The van der Waals surface area contributed by atoms with Crippen molar-refractivity contribution in [3.05, 3.63) is 24.0 Å². The van der Waals surface area contributed by atoms with Gasteiger partial charge < -0.3 is 9.84 Å². The largest absolute Gasteiger partial charge is 0.447 e. The van der Waals surface area contributed by atoms with Crippen LogP contribution in [0.15, 0.2) is 18.3 Å². The standard InChI is InChI=1S/C12H18N2O3/c1-8(2)17-11(15)14-9-5-6-10(13-7-9)12(3,4)16/h5-8,16H,1-4H3,(H,14,15). The summed E-state index contributed by atoms with van der Waals surface area (Å²) in [6, 6.07) is 3.33. The average Bonchev–Trinajstić information content (AvgIpc) is 2.15. The van der Waals surface area contributed by atoms with E-state index < -0.39 is 11.7 Å². The van der Waals surface area contributed by atoms with E-state index in [1.165, 1.54) is 6.20 Å². The van der Waals surface area contributed by atoms with E-state index in [-0.39, 0.29) is 6.10 Å². The minimum atomic E-state index is -0.989. The second kappa shape index (κ2) is 5.14. The van der Waals surface area contributed by atoms with Crippen molar-refractivity contribution in [2.24, 2.45) is 0 Å². The minimum absolute atomic E-state index is 0.168. The number of amides is 1. The number of carbonyl (C=O) groups is 1. The zero-order valence-electron chi connectivity index (χ0n) is 10.5. The van der Waals surface area contributed by atoms with Crippen LogP contribution in [0.2, 0.25) is 0 Å². The molecule has 1 amide bonds. The smallest absolute Gasteiger partial charge is 0.411 e. The van der Waals surface area contributed by atoms with Gasteiger partial charge in [0.1, 0.15) is 5.60 Å². The SMILES string of the molecule is CC(C)OC(=O)Nc1ccc(C(C)(C)O)nc1. The molecule has 17 heavy (non-hydrogen) atoms. The first kappa shape index (κ1) is 13.4. The highest BCUT2D eigenvalue weighted by Crippen LogP contribution is 2.18. The summed E-state index contributed by atoms with van der Waals surface area (Å²) in [5.41, 5.74) is 0.0840. The maximum atomic E-state index is 11.3. The quantitative estimate of drug-likeness (QED) is 0.847. The Morgan fingerprint density at radius 2 is 2.12 bits per heavy atom. The van der Waals surface area contributed by atoms with Gasteiger partial charge in [0.05, 0.1) is 23.7 Å². The number of hydrogen-bond acceptors (Lipinski definition) is 4. The molecular weight excluding hydrogens is 220 g/mol. The molecule has 1 rings (SSSR count). The maximum Gasteiger partial charge on any atom is 0.411 e. The molecule has 2 N–H and O–H groups in total. The zero-order valence-corrected chi connectivity index (χ0v) is 10.5. The molecule has 0 saturated heterocycles. The van der Waals surface area contributed by atoms with Crippen molar-refractivity contribution in [3.8, 4) is 0 Å². The molecule has 0 radical (unpaired) electrons. The van der Waals surface area contributed by atoms with Crippen LogP contribution in [-0.2, 0) is 10.3 Å². The number of carbonyl (C=O) groups excluding carboxylic acids is 1. The number of anilines is 1. The summed E-state index contributed by atoms with van der Waals surface area (Å²) in [5.74, 6) is 0. The molecule has 5 heteroatoms. The van der Waals surface area contributed by atoms with E-state index in [1.807, 2.05) is 0 Å². The number of aliphatic hydroxyl groups is 1. The fourth-order valence-corrected chi connectivity index (χ4v) is 1.19. The van der Waals surface area contributed by atoms with Gasteiger partial charge in [-0.2, -0.15) is 0 Å². The van der Waals surface area contributed by atoms with E-state index >= 15 is 0 Å². The molecule has 0 aliphatic rings. The number of aromatic nitrogens is 1. The lowest BCUT2D eigenvalue weighted by atomic mass is 10.1. The second-order valence-corrected chi connectivity index (χ2v) is 4.57. The van der Waals surface area contributed by atoms with Crippen LogP contribution in [0.4, 0.5) is 10.5 Å². The van der Waals surface area contributed by atoms with Crippen molar-refractivity contribution < 1.29 is 14.6 Å². The van der Waals surface area contributed by atoms with Crippen molar-refractivity contribution in [1.82, 2.24) is 4.98 Å². The molecule has 5 nitrogen and oxygen atoms in total. The van der Waals surface area contributed by atoms with Crippen molar-refractivity contribution in [2.45, 2.75) is 39.4 Å². The number of ether oxygens (including phenoxy) is 1. The number of nitrogens with zero attached hydrogens (tertiary/aromatic N) is 1. The van der Waals surface area contributed by atoms with Gasteiger partial charge in [0, 0.05) is 0 Å². The summed E-state index contributed by atoms with van der Waals surface area (Å²) in [5, 5.41) is 12.3. The third-order valence-corrected chi connectivity index (χ3v) is 1.98. The number of nitrogens with one attached hydrogen (secondary N) is 1. The van der Waals surface area contributed by atoms with Gasteiger partial charge in [-0.1, -0.05) is 0 Å². The topological polar surface area (TPSA) is 71.5 Å². The summed E-state index contributed by atoms with van der Waals surface area (Å²) >= 11 is 0. The Bertz CT molecular complexity index is 380. The van der Waals surface area contributed by atoms with Gasteiger partial charge in [-0.25, -0.2) is 4.79 Å². The van der Waals surface area contributed by atoms with E-state index in [0.717, 1.165) is 0 Å². The first-order valence-electron chi connectivity index (χ1n) is 5.45. The van der Waals surface area contributed by atoms with Crippen molar-refractivity contribution in [1.29, 1.82) is 0 Å². The Morgan fingerprint density at radius 3 is 2.53 bits per heavy atom. The van der Waals surface area contributed by atoms with Gasteiger partial charge in [-0.3, -0.25) is 10.3 Å². The zero-order chi connectivity index (χ0) is 13.1. The van der Waals surface area contributed by atoms with Crippen LogP contribution >= 0.6 is 0 Å². The number of pyridine rings is 1. The molecule has 94 valence electrons. The van der Waals surface area contributed by atoms with Gasteiger partial charge >= 0.3 is 6.09 Å². The molecule has 0 aromatic carbocycles. The first-order valence-corrected chi connectivity index (χ1v) is 5.45. The average molecular weight is 238 g/mol. The van der Waals surface area contributed by atoms with Crippen LogP contribution in [0.25, 0.3) is 0 Å². The molecule has 1 aromatic rings. The third-order valence-electron chi connectivity index (χ3n) is 1.98.